The van der Waals surface area contributed by atoms with Crippen molar-refractivity contribution in [3.05, 3.63) is 83.4 Å². The third-order valence-electron chi connectivity index (χ3n) is 6.05. The normalized spacial score (nSPS) is 13.4. The first-order chi connectivity index (χ1) is 17.6. The zero-order chi connectivity index (χ0) is 26.8. The summed E-state index contributed by atoms with van der Waals surface area (Å²) < 4.78 is 62.3. The van der Waals surface area contributed by atoms with Gasteiger partial charge in [0.1, 0.15) is 17.3 Å². The number of aliphatic hydroxyl groups is 1. The van der Waals surface area contributed by atoms with Gasteiger partial charge in [0.25, 0.3) is 5.91 Å². The summed E-state index contributed by atoms with van der Waals surface area (Å²) in [6.07, 6.45) is -3.24. The van der Waals surface area contributed by atoms with E-state index in [0.29, 0.717) is 16.6 Å². The van der Waals surface area contributed by atoms with Crippen molar-refractivity contribution in [1.82, 2.24) is 15.3 Å². The Bertz CT molecular complexity index is 1420. The van der Waals surface area contributed by atoms with Gasteiger partial charge in [-0.2, -0.15) is 13.2 Å². The van der Waals surface area contributed by atoms with Crippen molar-refractivity contribution >= 4 is 16.8 Å². The number of aromatic nitrogens is 2. The first-order valence-corrected chi connectivity index (χ1v) is 11.6. The van der Waals surface area contributed by atoms with Gasteiger partial charge in [0.2, 0.25) is 5.60 Å². The predicted molar refractivity (Wildman–Crippen MR) is 131 cm³/mol. The summed E-state index contributed by atoms with van der Waals surface area (Å²) in [6.45, 7) is 2.48. The monoisotopic (exact) mass is 515 g/mol. The van der Waals surface area contributed by atoms with Crippen LogP contribution >= 0.6 is 0 Å². The molecule has 1 atom stereocenters. The van der Waals surface area contributed by atoms with Crippen LogP contribution in [0.15, 0.2) is 60.8 Å². The fourth-order valence-corrected chi connectivity index (χ4v) is 4.00. The molecule has 0 unspecified atom stereocenters. The minimum absolute atomic E-state index is 0.0300. The summed E-state index contributed by atoms with van der Waals surface area (Å²) in [5, 5.41) is 14.0. The van der Waals surface area contributed by atoms with Crippen molar-refractivity contribution in [3.8, 4) is 17.0 Å². The van der Waals surface area contributed by atoms with Crippen LogP contribution in [0, 0.1) is 5.82 Å². The van der Waals surface area contributed by atoms with Crippen molar-refractivity contribution in [1.29, 1.82) is 0 Å². The standard InChI is InChI=1S/C27H25F4N3O3/c1-3-16-14-22(34-23(24(16)37-4-2)18-7-9-20(28)10-8-18)26(36,27(29,30)31)15-33-25(35)19-6-5-17-11-12-32-21(17)13-19/h5-14,32,36H,3-4,15H2,1-2H3,(H,33,35)/t26-/m0/s1. The highest BCUT2D eigenvalue weighted by atomic mass is 19.4. The van der Waals surface area contributed by atoms with Gasteiger partial charge in [-0.05, 0) is 72.8 Å². The van der Waals surface area contributed by atoms with Crippen LogP contribution in [0.1, 0.15) is 35.5 Å². The highest BCUT2D eigenvalue weighted by Gasteiger charge is 2.56. The Balaban J connectivity index is 1.75. The van der Waals surface area contributed by atoms with E-state index in [9.17, 15) is 27.5 Å². The molecule has 4 rings (SSSR count). The summed E-state index contributed by atoms with van der Waals surface area (Å²) in [7, 11) is 0. The van der Waals surface area contributed by atoms with E-state index in [0.717, 1.165) is 23.6 Å². The van der Waals surface area contributed by atoms with E-state index in [1.54, 1.807) is 32.2 Å². The van der Waals surface area contributed by atoms with E-state index in [1.807, 2.05) is 0 Å². The van der Waals surface area contributed by atoms with Crippen LogP contribution in [0.2, 0.25) is 0 Å². The summed E-state index contributed by atoms with van der Waals surface area (Å²) >= 11 is 0. The molecular weight excluding hydrogens is 490 g/mol. The molecule has 2 aromatic heterocycles. The number of carbonyl (C=O) groups is 1. The minimum atomic E-state index is -5.19. The summed E-state index contributed by atoms with van der Waals surface area (Å²) in [6, 6.07) is 12.6. The maximum atomic E-state index is 14.4. The Morgan fingerprint density at radius 1 is 1.08 bits per heavy atom. The Morgan fingerprint density at radius 2 is 1.81 bits per heavy atom. The number of halogens is 4. The largest absolute Gasteiger partial charge is 0.491 e. The maximum Gasteiger partial charge on any atom is 0.424 e. The Labute approximate surface area is 210 Å². The molecule has 0 bridgehead atoms. The average Bonchev–Trinajstić information content (AvgIpc) is 3.35. The molecule has 0 saturated heterocycles. The van der Waals surface area contributed by atoms with Crippen LogP contribution in [0.25, 0.3) is 22.2 Å². The van der Waals surface area contributed by atoms with Crippen LogP contribution in [0.4, 0.5) is 17.6 Å². The predicted octanol–water partition coefficient (Wildman–Crippen LogP) is 5.51. The van der Waals surface area contributed by atoms with Crippen molar-refractivity contribution in [2.75, 3.05) is 13.2 Å². The van der Waals surface area contributed by atoms with Crippen LogP contribution in [0.3, 0.4) is 0 Å². The molecule has 0 spiro atoms. The molecule has 0 aliphatic heterocycles. The molecule has 0 fully saturated rings. The third kappa shape index (κ3) is 5.15. The van der Waals surface area contributed by atoms with Crippen molar-refractivity contribution in [2.45, 2.75) is 32.0 Å². The second-order valence-corrected chi connectivity index (χ2v) is 8.46. The molecule has 6 nitrogen and oxygen atoms in total. The second kappa shape index (κ2) is 10.2. The molecule has 2 heterocycles. The number of hydrogen-bond acceptors (Lipinski definition) is 4. The van der Waals surface area contributed by atoms with Gasteiger partial charge in [-0.25, -0.2) is 9.37 Å². The molecule has 0 radical (unpaired) electrons. The number of aromatic amines is 1. The lowest BCUT2D eigenvalue weighted by molar-refractivity contribution is -0.265. The Kier molecular flexibility index (Phi) is 7.22. The number of pyridine rings is 1. The fourth-order valence-electron chi connectivity index (χ4n) is 4.00. The van der Waals surface area contributed by atoms with Gasteiger partial charge in [-0.3, -0.25) is 4.79 Å². The van der Waals surface area contributed by atoms with E-state index >= 15 is 0 Å². The number of carbonyl (C=O) groups excluding carboxylic acids is 1. The van der Waals surface area contributed by atoms with Crippen LogP contribution < -0.4 is 10.1 Å². The van der Waals surface area contributed by atoms with Gasteiger partial charge in [-0.15, -0.1) is 0 Å². The van der Waals surface area contributed by atoms with Crippen LogP contribution in [0.5, 0.6) is 5.75 Å². The van der Waals surface area contributed by atoms with Gasteiger partial charge < -0.3 is 20.1 Å². The summed E-state index contributed by atoms with van der Waals surface area (Å²) in [4.78, 5) is 19.8. The number of aryl methyl sites for hydroxylation is 1. The number of fused-ring (bicyclic) bond motifs is 1. The Hall–Kier alpha value is -3.92. The lowest BCUT2D eigenvalue weighted by Gasteiger charge is -2.31. The van der Waals surface area contributed by atoms with E-state index < -0.39 is 35.7 Å². The second-order valence-electron chi connectivity index (χ2n) is 8.46. The number of nitrogens with zero attached hydrogens (tertiary/aromatic N) is 1. The molecule has 194 valence electrons. The first kappa shape index (κ1) is 26.2. The van der Waals surface area contributed by atoms with Crippen LogP contribution in [-0.4, -0.2) is 40.3 Å². The molecule has 10 heteroatoms. The number of ether oxygens (including phenoxy) is 1. The number of hydrogen-bond donors (Lipinski definition) is 3. The lowest BCUT2D eigenvalue weighted by atomic mass is 9.94. The van der Waals surface area contributed by atoms with E-state index in [-0.39, 0.29) is 30.0 Å². The molecule has 2 aromatic carbocycles. The van der Waals surface area contributed by atoms with Gasteiger partial charge in [0.05, 0.1) is 18.8 Å². The van der Waals surface area contributed by atoms with Crippen molar-refractivity contribution < 1.29 is 32.2 Å². The highest BCUT2D eigenvalue weighted by molar-refractivity contribution is 5.97. The number of benzene rings is 2. The number of alkyl halides is 3. The molecule has 0 aliphatic rings. The third-order valence-corrected chi connectivity index (χ3v) is 6.05. The topological polar surface area (TPSA) is 87.2 Å². The number of amides is 1. The average molecular weight is 516 g/mol. The fraction of sp³-hybridized carbons (Fsp3) is 0.259. The summed E-state index contributed by atoms with van der Waals surface area (Å²) in [5.41, 5.74) is -2.74. The van der Waals surface area contributed by atoms with E-state index in [2.05, 4.69) is 15.3 Å². The molecule has 1 amide bonds. The minimum Gasteiger partial charge on any atom is -0.491 e. The number of nitrogens with one attached hydrogen (secondary N) is 2. The smallest absolute Gasteiger partial charge is 0.424 e. The quantitative estimate of drug-likeness (QED) is 0.270. The number of rotatable bonds is 8. The molecule has 4 aromatic rings. The van der Waals surface area contributed by atoms with Gasteiger partial charge >= 0.3 is 6.18 Å². The SMILES string of the molecule is CCOc1c(CC)cc([C@@](O)(CNC(=O)c2ccc3cc[nH]c3c2)C(F)(F)F)nc1-c1ccc(F)cc1. The molecular formula is C27H25F4N3O3. The zero-order valence-corrected chi connectivity index (χ0v) is 20.1. The van der Waals surface area contributed by atoms with Crippen molar-refractivity contribution in [3.63, 3.8) is 0 Å². The van der Waals surface area contributed by atoms with Crippen molar-refractivity contribution in [2.24, 2.45) is 0 Å². The maximum absolute atomic E-state index is 14.4. The number of H-pyrrole nitrogens is 1. The molecule has 0 aliphatic carbocycles. The van der Waals surface area contributed by atoms with E-state index in [4.69, 9.17) is 4.74 Å². The van der Waals surface area contributed by atoms with E-state index in [1.165, 1.54) is 24.3 Å². The molecule has 37 heavy (non-hydrogen) atoms. The molecule has 3 N–H and O–H groups in total. The Morgan fingerprint density at radius 3 is 2.46 bits per heavy atom. The summed E-state index contributed by atoms with van der Waals surface area (Å²) in [5.74, 6) is -1.08. The lowest BCUT2D eigenvalue weighted by Crippen LogP contribution is -2.51. The van der Waals surface area contributed by atoms with Gasteiger partial charge in [0, 0.05) is 22.8 Å². The molecule has 0 saturated carbocycles. The van der Waals surface area contributed by atoms with Crippen LogP contribution in [-0.2, 0) is 12.0 Å². The van der Waals surface area contributed by atoms with Gasteiger partial charge in [0.15, 0.2) is 0 Å². The van der Waals surface area contributed by atoms with Gasteiger partial charge in [-0.1, -0.05) is 13.0 Å². The zero-order valence-electron chi connectivity index (χ0n) is 20.1. The first-order valence-electron chi connectivity index (χ1n) is 11.6. The highest BCUT2D eigenvalue weighted by Crippen LogP contribution is 2.42.